The summed E-state index contributed by atoms with van der Waals surface area (Å²) < 4.78 is 1.89. The number of benzene rings is 1. The van der Waals surface area contributed by atoms with E-state index in [4.69, 9.17) is 0 Å². The van der Waals surface area contributed by atoms with E-state index in [0.717, 1.165) is 19.5 Å². The molecular weight excluding hydrogens is 222 g/mol. The normalized spacial score (nSPS) is 10.8. The summed E-state index contributed by atoms with van der Waals surface area (Å²) in [5.74, 6) is 0. The molecule has 0 aliphatic carbocycles. The Morgan fingerprint density at radius 1 is 1.17 bits per heavy atom. The van der Waals surface area contributed by atoms with E-state index in [-0.39, 0.29) is 0 Å². The second-order valence-corrected chi connectivity index (χ2v) is 4.72. The lowest BCUT2D eigenvalue weighted by molar-refractivity contribution is 0.688. The largest absolute Gasteiger partial charge is 0.308 e. The summed E-state index contributed by atoms with van der Waals surface area (Å²) in [6, 6.07) is 8.65. The van der Waals surface area contributed by atoms with Crippen molar-refractivity contribution in [3.05, 3.63) is 52.8 Å². The van der Waals surface area contributed by atoms with Crippen LogP contribution in [0.1, 0.15) is 29.3 Å². The molecule has 0 atom stereocenters. The third-order valence-corrected chi connectivity index (χ3v) is 3.09. The molecule has 96 valence electrons. The zero-order valence-electron chi connectivity index (χ0n) is 11.4. The van der Waals surface area contributed by atoms with E-state index in [2.05, 4.69) is 54.7 Å². The topological polar surface area (TPSA) is 29.9 Å². The quantitative estimate of drug-likeness (QED) is 0.874. The van der Waals surface area contributed by atoms with Crippen molar-refractivity contribution in [2.75, 3.05) is 0 Å². The Morgan fingerprint density at radius 2 is 1.89 bits per heavy atom. The molecular formula is C15H21N3. The van der Waals surface area contributed by atoms with E-state index in [1.54, 1.807) is 0 Å². The van der Waals surface area contributed by atoms with E-state index in [1.165, 1.54) is 22.4 Å². The van der Waals surface area contributed by atoms with Gasteiger partial charge in [0.25, 0.3) is 0 Å². The molecule has 0 bridgehead atoms. The standard InChI is InChI=1S/C15H21N3/c1-4-15-14(11-18(3)17-15)10-16-9-13-7-5-12(2)6-8-13/h5-8,11,16H,4,9-10H2,1-3H3. The second kappa shape index (κ2) is 5.83. The highest BCUT2D eigenvalue weighted by Crippen LogP contribution is 2.08. The van der Waals surface area contributed by atoms with E-state index < -0.39 is 0 Å². The molecule has 18 heavy (non-hydrogen) atoms. The van der Waals surface area contributed by atoms with Crippen LogP contribution in [0.15, 0.2) is 30.5 Å². The number of aryl methyl sites for hydroxylation is 3. The van der Waals surface area contributed by atoms with Crippen LogP contribution in [0.4, 0.5) is 0 Å². The van der Waals surface area contributed by atoms with Crippen LogP contribution in [0.25, 0.3) is 0 Å². The fraction of sp³-hybridized carbons (Fsp3) is 0.400. The molecule has 1 aromatic carbocycles. The minimum atomic E-state index is 0.880. The number of rotatable bonds is 5. The van der Waals surface area contributed by atoms with Crippen molar-refractivity contribution in [1.29, 1.82) is 0 Å². The van der Waals surface area contributed by atoms with Crippen LogP contribution >= 0.6 is 0 Å². The summed E-state index contributed by atoms with van der Waals surface area (Å²) in [5.41, 5.74) is 5.11. The summed E-state index contributed by atoms with van der Waals surface area (Å²) in [6.07, 6.45) is 3.09. The maximum absolute atomic E-state index is 4.44. The van der Waals surface area contributed by atoms with Gasteiger partial charge in [-0.3, -0.25) is 4.68 Å². The molecule has 1 N–H and O–H groups in total. The van der Waals surface area contributed by atoms with Gasteiger partial charge in [0.1, 0.15) is 0 Å². The summed E-state index contributed by atoms with van der Waals surface area (Å²) in [7, 11) is 1.97. The van der Waals surface area contributed by atoms with Crippen molar-refractivity contribution >= 4 is 0 Å². The summed E-state index contributed by atoms with van der Waals surface area (Å²) in [4.78, 5) is 0. The van der Waals surface area contributed by atoms with E-state index in [0.29, 0.717) is 0 Å². The van der Waals surface area contributed by atoms with Crippen molar-refractivity contribution in [3.63, 3.8) is 0 Å². The van der Waals surface area contributed by atoms with Gasteiger partial charge in [0.05, 0.1) is 5.69 Å². The lowest BCUT2D eigenvalue weighted by atomic mass is 10.1. The average molecular weight is 243 g/mol. The predicted molar refractivity (Wildman–Crippen MR) is 74.3 cm³/mol. The van der Waals surface area contributed by atoms with Crippen molar-refractivity contribution in [1.82, 2.24) is 15.1 Å². The Hall–Kier alpha value is -1.61. The Bertz CT molecular complexity index is 497. The second-order valence-electron chi connectivity index (χ2n) is 4.72. The van der Waals surface area contributed by atoms with E-state index in [9.17, 15) is 0 Å². The average Bonchev–Trinajstić information content (AvgIpc) is 2.72. The zero-order valence-corrected chi connectivity index (χ0v) is 11.4. The van der Waals surface area contributed by atoms with Gasteiger partial charge in [-0.25, -0.2) is 0 Å². The minimum Gasteiger partial charge on any atom is -0.308 e. The first-order valence-electron chi connectivity index (χ1n) is 6.46. The summed E-state index contributed by atoms with van der Waals surface area (Å²) in [6.45, 7) is 6.04. The first-order valence-corrected chi connectivity index (χ1v) is 6.46. The lowest BCUT2D eigenvalue weighted by Crippen LogP contribution is -2.13. The van der Waals surface area contributed by atoms with Gasteiger partial charge in [0.15, 0.2) is 0 Å². The third-order valence-electron chi connectivity index (χ3n) is 3.09. The van der Waals surface area contributed by atoms with Crippen LogP contribution in [0.5, 0.6) is 0 Å². The molecule has 0 fully saturated rings. The monoisotopic (exact) mass is 243 g/mol. The third kappa shape index (κ3) is 3.20. The fourth-order valence-electron chi connectivity index (χ4n) is 2.08. The van der Waals surface area contributed by atoms with Crippen molar-refractivity contribution in [2.45, 2.75) is 33.4 Å². The van der Waals surface area contributed by atoms with Gasteiger partial charge in [0.2, 0.25) is 0 Å². The number of hydrogen-bond donors (Lipinski definition) is 1. The van der Waals surface area contributed by atoms with Crippen molar-refractivity contribution < 1.29 is 0 Å². The number of aromatic nitrogens is 2. The van der Waals surface area contributed by atoms with Crippen molar-refractivity contribution in [3.8, 4) is 0 Å². The Balaban J connectivity index is 1.90. The number of nitrogens with one attached hydrogen (secondary N) is 1. The molecule has 0 saturated carbocycles. The summed E-state index contributed by atoms with van der Waals surface area (Å²) in [5, 5.41) is 7.92. The maximum atomic E-state index is 4.44. The fourth-order valence-corrected chi connectivity index (χ4v) is 2.08. The number of hydrogen-bond acceptors (Lipinski definition) is 2. The van der Waals surface area contributed by atoms with Gasteiger partial charge in [0, 0.05) is 31.9 Å². The highest BCUT2D eigenvalue weighted by Gasteiger charge is 2.04. The van der Waals surface area contributed by atoms with Gasteiger partial charge in [-0.1, -0.05) is 36.8 Å². The molecule has 0 amide bonds. The maximum Gasteiger partial charge on any atom is 0.0666 e. The first-order chi connectivity index (χ1) is 8.69. The van der Waals surface area contributed by atoms with Gasteiger partial charge in [-0.15, -0.1) is 0 Å². The molecule has 0 unspecified atom stereocenters. The highest BCUT2D eigenvalue weighted by molar-refractivity contribution is 5.21. The molecule has 0 saturated heterocycles. The van der Waals surface area contributed by atoms with Crippen LogP contribution in [-0.4, -0.2) is 9.78 Å². The SMILES string of the molecule is CCc1nn(C)cc1CNCc1ccc(C)cc1. The summed E-state index contributed by atoms with van der Waals surface area (Å²) >= 11 is 0. The zero-order chi connectivity index (χ0) is 13.0. The lowest BCUT2D eigenvalue weighted by Gasteiger charge is -2.05. The minimum absolute atomic E-state index is 0.880. The molecule has 1 aromatic heterocycles. The smallest absolute Gasteiger partial charge is 0.0666 e. The highest BCUT2D eigenvalue weighted by atomic mass is 15.3. The molecule has 0 aliphatic rings. The Morgan fingerprint density at radius 3 is 2.56 bits per heavy atom. The van der Waals surface area contributed by atoms with E-state index in [1.807, 2.05) is 11.7 Å². The molecule has 2 rings (SSSR count). The molecule has 2 aromatic rings. The Labute approximate surface area is 109 Å². The molecule has 0 radical (unpaired) electrons. The van der Waals surface area contributed by atoms with Crippen molar-refractivity contribution in [2.24, 2.45) is 7.05 Å². The van der Waals surface area contributed by atoms with E-state index >= 15 is 0 Å². The van der Waals surface area contributed by atoms with Gasteiger partial charge >= 0.3 is 0 Å². The molecule has 3 nitrogen and oxygen atoms in total. The number of nitrogens with zero attached hydrogens (tertiary/aromatic N) is 2. The van der Waals surface area contributed by atoms with Gasteiger partial charge in [-0.05, 0) is 18.9 Å². The first kappa shape index (κ1) is 12.8. The van der Waals surface area contributed by atoms with Crippen LogP contribution in [0, 0.1) is 6.92 Å². The molecule has 0 aliphatic heterocycles. The molecule has 3 heteroatoms. The predicted octanol–water partition coefficient (Wildman–Crippen LogP) is 2.58. The Kier molecular flexibility index (Phi) is 4.15. The van der Waals surface area contributed by atoms with Gasteiger partial charge < -0.3 is 5.32 Å². The van der Waals surface area contributed by atoms with Gasteiger partial charge in [-0.2, -0.15) is 5.10 Å². The molecule has 0 spiro atoms. The van der Waals surface area contributed by atoms with Crippen LogP contribution in [0.3, 0.4) is 0 Å². The van der Waals surface area contributed by atoms with Crippen LogP contribution in [0.2, 0.25) is 0 Å². The molecule has 1 heterocycles. The van der Waals surface area contributed by atoms with Crippen LogP contribution < -0.4 is 5.32 Å². The van der Waals surface area contributed by atoms with Crippen LogP contribution in [-0.2, 0) is 26.6 Å².